The molecule has 0 nitrogen and oxygen atoms in total. The molecule has 0 spiro atoms. The Kier molecular flexibility index (Phi) is 9.56. The maximum absolute atomic E-state index is 5.30. The summed E-state index contributed by atoms with van der Waals surface area (Å²) < 4.78 is 0. The maximum Gasteiger partial charge on any atom is 0.0577 e. The quantitative estimate of drug-likeness (QED) is 0.287. The van der Waals surface area contributed by atoms with Crippen molar-refractivity contribution in [2.45, 2.75) is 25.5 Å². The topological polar surface area (TPSA) is 0 Å². The lowest BCUT2D eigenvalue weighted by Crippen LogP contribution is -2.27. The van der Waals surface area contributed by atoms with E-state index in [2.05, 4.69) is 21.0 Å². The van der Waals surface area contributed by atoms with Crippen LogP contribution in [0.25, 0.3) is 0 Å². The maximum atomic E-state index is 5.30. The molecule has 0 aliphatic heterocycles. The van der Waals surface area contributed by atoms with Gasteiger partial charge in [0.1, 0.15) is 0 Å². The molecule has 0 aliphatic rings. The van der Waals surface area contributed by atoms with Gasteiger partial charge in [0.05, 0.1) is 14.3 Å². The smallest absolute Gasteiger partial charge is 0.0577 e. The Balaban J connectivity index is 3.32. The summed E-state index contributed by atoms with van der Waals surface area (Å²) in [7, 11) is 23.4. The van der Waals surface area contributed by atoms with Crippen molar-refractivity contribution in [3.63, 3.8) is 0 Å². The Labute approximate surface area is 90.9 Å². The van der Waals surface area contributed by atoms with Crippen molar-refractivity contribution in [1.82, 2.24) is 0 Å². The molecular formula is C4H8B9. The lowest BCUT2D eigenvalue weighted by molar-refractivity contribution is 0.868. The summed E-state index contributed by atoms with van der Waals surface area (Å²) in [4.78, 5) is 0. The average molecular weight is 153 g/mol. The molecule has 0 amide bonds. The third-order valence-corrected chi connectivity index (χ3v) is 1.99. The van der Waals surface area contributed by atoms with Crippen LogP contribution in [-0.4, -0.2) is 65.1 Å². The van der Waals surface area contributed by atoms with Crippen molar-refractivity contribution in [1.29, 1.82) is 0 Å². The SMILES string of the molecule is [B][B][B][B][B][B]C(C)C(C)[B][B][B]. The minimum Gasteiger partial charge on any atom is -0.0861 e. The molecule has 9 heteroatoms. The van der Waals surface area contributed by atoms with Crippen LogP contribution in [0, 0.1) is 0 Å². The first kappa shape index (κ1) is 13.6. The van der Waals surface area contributed by atoms with E-state index in [9.17, 15) is 0 Å². The van der Waals surface area contributed by atoms with Crippen LogP contribution < -0.4 is 0 Å². The molecular weight excluding hydrogens is 145 g/mol. The van der Waals surface area contributed by atoms with E-state index >= 15 is 0 Å². The Hall–Kier alpha value is 0.584. The molecule has 0 fully saturated rings. The van der Waals surface area contributed by atoms with Crippen LogP contribution in [0.3, 0.4) is 0 Å². The lowest BCUT2D eigenvalue weighted by Gasteiger charge is -2.18. The third kappa shape index (κ3) is 7.64. The van der Waals surface area contributed by atoms with E-state index in [0.29, 0.717) is 11.6 Å². The molecule has 0 saturated heterocycles. The largest absolute Gasteiger partial charge is 0.0861 e. The van der Waals surface area contributed by atoms with Gasteiger partial charge in [0, 0.05) is 50.8 Å². The fraction of sp³-hybridized carbons (Fsp3) is 1.00. The van der Waals surface area contributed by atoms with Crippen LogP contribution in [0.4, 0.5) is 0 Å². The molecule has 13 heavy (non-hydrogen) atoms. The number of rotatable bonds is 8. The van der Waals surface area contributed by atoms with Crippen molar-refractivity contribution < 1.29 is 0 Å². The van der Waals surface area contributed by atoms with Crippen LogP contribution in [0.1, 0.15) is 13.8 Å². The minimum absolute atomic E-state index is 0.469. The Morgan fingerprint density at radius 2 is 1.38 bits per heavy atom. The predicted molar refractivity (Wildman–Crippen MR) is 70.6 cm³/mol. The van der Waals surface area contributed by atoms with Crippen molar-refractivity contribution in [3.8, 4) is 0 Å². The molecule has 0 aromatic carbocycles. The third-order valence-electron chi connectivity index (χ3n) is 1.99. The molecule has 11 radical (unpaired) electrons. The van der Waals surface area contributed by atoms with E-state index in [1.54, 1.807) is 14.1 Å². The highest BCUT2D eigenvalue weighted by Crippen LogP contribution is 2.19. The first-order valence-corrected chi connectivity index (χ1v) is 4.49. The Morgan fingerprint density at radius 3 is 1.92 bits per heavy atom. The molecule has 2 unspecified atom stereocenters. The molecule has 51 valence electrons. The summed E-state index contributed by atoms with van der Waals surface area (Å²) in [6.07, 6.45) is 0. The van der Waals surface area contributed by atoms with Gasteiger partial charge in [0.2, 0.25) is 0 Å². The summed E-state index contributed by atoms with van der Waals surface area (Å²) in [5.74, 6) is 0.957. The van der Waals surface area contributed by atoms with Gasteiger partial charge in [-0.2, -0.15) is 0 Å². The zero-order valence-electron chi connectivity index (χ0n) is 8.35. The number of hydrogen-bond donors (Lipinski definition) is 0. The van der Waals surface area contributed by atoms with Gasteiger partial charge in [-0.05, 0) is 0 Å². The van der Waals surface area contributed by atoms with E-state index < -0.39 is 0 Å². The number of hydrogen-bond acceptors (Lipinski definition) is 0. The second kappa shape index (κ2) is 9.15. The van der Waals surface area contributed by atoms with E-state index in [0.717, 1.165) is 0 Å². The van der Waals surface area contributed by atoms with Gasteiger partial charge in [0.25, 0.3) is 0 Å². The average Bonchev–Trinajstić information content (AvgIpc) is 2.12. The second-order valence-electron chi connectivity index (χ2n) is 3.07. The Morgan fingerprint density at radius 1 is 0.769 bits per heavy atom. The summed E-state index contributed by atoms with van der Waals surface area (Å²) in [5.41, 5.74) is 0. The van der Waals surface area contributed by atoms with Gasteiger partial charge in [-0.15, -0.1) is 0 Å². The van der Waals surface area contributed by atoms with Crippen molar-refractivity contribution in [2.24, 2.45) is 0 Å². The molecule has 0 bridgehead atoms. The van der Waals surface area contributed by atoms with Gasteiger partial charge in [-0.25, -0.2) is 0 Å². The zero-order valence-corrected chi connectivity index (χ0v) is 8.35. The molecule has 2 atom stereocenters. The first-order chi connectivity index (χ1) is 6.22. The molecule has 0 saturated carbocycles. The highest BCUT2D eigenvalue weighted by atomic mass is 13.9. The first-order valence-electron chi connectivity index (χ1n) is 4.49. The molecule has 0 heterocycles. The standard InChI is InChI=1S/C4H8B9/c1-3(7-9-5)4(2)8-11-13-12-10-6/h3-4H,1-2H3. The predicted octanol–water partition coefficient (Wildman–Crippen LogP) is -1.73. The highest BCUT2D eigenvalue weighted by Gasteiger charge is 2.11. The second-order valence-corrected chi connectivity index (χ2v) is 3.07. The fourth-order valence-electron chi connectivity index (χ4n) is 0.893. The van der Waals surface area contributed by atoms with Gasteiger partial charge in [-0.3, -0.25) is 0 Å². The molecule has 0 rings (SSSR count). The zero-order chi connectivity index (χ0) is 10.1. The fourth-order valence-corrected chi connectivity index (χ4v) is 0.893. The van der Waals surface area contributed by atoms with Gasteiger partial charge in [0.15, 0.2) is 0 Å². The van der Waals surface area contributed by atoms with Crippen LogP contribution >= 0.6 is 0 Å². The van der Waals surface area contributed by atoms with Crippen molar-refractivity contribution >= 4 is 65.1 Å². The summed E-state index contributed by atoms with van der Waals surface area (Å²) in [6.45, 7) is 4.29. The normalized spacial score (nSPS) is 13.4. The Bertz CT molecular complexity index is 108. The van der Waals surface area contributed by atoms with Crippen LogP contribution in [-0.2, 0) is 0 Å². The van der Waals surface area contributed by atoms with E-state index in [-0.39, 0.29) is 0 Å². The molecule has 0 N–H and O–H groups in total. The summed E-state index contributed by atoms with van der Waals surface area (Å²) in [5, 5.41) is 0. The van der Waals surface area contributed by atoms with Gasteiger partial charge < -0.3 is 0 Å². The van der Waals surface area contributed by atoms with E-state index in [4.69, 9.17) is 15.5 Å². The van der Waals surface area contributed by atoms with Crippen LogP contribution in [0.2, 0.25) is 11.6 Å². The van der Waals surface area contributed by atoms with E-state index in [1.807, 2.05) is 21.3 Å². The van der Waals surface area contributed by atoms with Crippen molar-refractivity contribution in [3.05, 3.63) is 0 Å². The molecule has 0 aromatic heterocycles. The minimum atomic E-state index is 0.469. The molecule has 0 aliphatic carbocycles. The highest BCUT2D eigenvalue weighted by molar-refractivity contribution is 7.57. The van der Waals surface area contributed by atoms with Crippen LogP contribution in [0.5, 0.6) is 0 Å². The van der Waals surface area contributed by atoms with E-state index in [1.165, 1.54) is 7.06 Å². The summed E-state index contributed by atoms with van der Waals surface area (Å²) >= 11 is 0. The van der Waals surface area contributed by atoms with Gasteiger partial charge >= 0.3 is 0 Å². The van der Waals surface area contributed by atoms with Crippen LogP contribution in [0.15, 0.2) is 0 Å². The monoisotopic (exact) mass is 155 g/mol. The summed E-state index contributed by atoms with van der Waals surface area (Å²) in [6, 6.07) is 0. The van der Waals surface area contributed by atoms with Crippen molar-refractivity contribution in [2.75, 3.05) is 0 Å². The lowest BCUT2D eigenvalue weighted by atomic mass is 8.97. The van der Waals surface area contributed by atoms with Gasteiger partial charge in [-0.1, -0.05) is 25.5 Å². The molecule has 0 aromatic rings.